The minimum atomic E-state index is -0.519. The number of hydrogen-bond donors (Lipinski definition) is 1. The van der Waals surface area contributed by atoms with E-state index in [1.54, 1.807) is 11.3 Å². The van der Waals surface area contributed by atoms with Crippen LogP contribution in [0.1, 0.15) is 18.6 Å². The Bertz CT molecular complexity index is 436. The van der Waals surface area contributed by atoms with Crippen molar-refractivity contribution in [2.45, 2.75) is 13.0 Å². The summed E-state index contributed by atoms with van der Waals surface area (Å²) in [6.45, 7) is 2.93. The first kappa shape index (κ1) is 10.6. The van der Waals surface area contributed by atoms with Crippen LogP contribution in [0.15, 0.2) is 29.6 Å². The molecule has 0 radical (unpaired) electrons. The van der Waals surface area contributed by atoms with E-state index in [0.29, 0.717) is 13.2 Å². The van der Waals surface area contributed by atoms with Gasteiger partial charge in [-0.1, -0.05) is 6.07 Å². The van der Waals surface area contributed by atoms with Gasteiger partial charge in [-0.05, 0) is 41.5 Å². The van der Waals surface area contributed by atoms with Crippen LogP contribution in [0, 0.1) is 0 Å². The predicted octanol–water partition coefficient (Wildman–Crippen LogP) is 2.97. The van der Waals surface area contributed by atoms with Gasteiger partial charge in [-0.3, -0.25) is 0 Å². The molecule has 1 heterocycles. The Kier molecular flexibility index (Phi) is 3.36. The number of hydrogen-bond acceptors (Lipinski definition) is 3. The summed E-state index contributed by atoms with van der Waals surface area (Å²) >= 11 is 1.71. The van der Waals surface area contributed by atoms with Crippen LogP contribution >= 0.6 is 11.3 Å². The third-order valence-electron chi connectivity index (χ3n) is 2.34. The number of aliphatic hydroxyl groups excluding tert-OH is 1. The number of fused-ring (bicyclic) bond motifs is 1. The maximum absolute atomic E-state index is 9.83. The van der Waals surface area contributed by atoms with E-state index in [-0.39, 0.29) is 0 Å². The third-order valence-corrected chi connectivity index (χ3v) is 3.24. The Morgan fingerprint density at radius 1 is 1.40 bits per heavy atom. The standard InChI is InChI=1S/C12H14O2S/c1-2-14-8-11(13)9-3-4-12-10(7-9)5-6-15-12/h3-7,11,13H,2,8H2,1H3. The number of thiophene rings is 1. The summed E-state index contributed by atoms with van der Waals surface area (Å²) in [5, 5.41) is 13.1. The number of aliphatic hydroxyl groups is 1. The summed E-state index contributed by atoms with van der Waals surface area (Å²) in [7, 11) is 0. The highest BCUT2D eigenvalue weighted by molar-refractivity contribution is 7.17. The molecule has 1 unspecified atom stereocenters. The van der Waals surface area contributed by atoms with Gasteiger partial charge >= 0.3 is 0 Å². The molecule has 80 valence electrons. The van der Waals surface area contributed by atoms with Gasteiger partial charge in [0.2, 0.25) is 0 Å². The summed E-state index contributed by atoms with van der Waals surface area (Å²) < 4.78 is 6.45. The highest BCUT2D eigenvalue weighted by Gasteiger charge is 2.08. The van der Waals surface area contributed by atoms with E-state index in [0.717, 1.165) is 5.56 Å². The summed E-state index contributed by atoms with van der Waals surface area (Å²) in [5.41, 5.74) is 0.925. The van der Waals surface area contributed by atoms with E-state index < -0.39 is 6.10 Å². The molecule has 0 aliphatic heterocycles. The fourth-order valence-electron chi connectivity index (χ4n) is 1.52. The highest BCUT2D eigenvalue weighted by atomic mass is 32.1. The zero-order valence-corrected chi connectivity index (χ0v) is 9.46. The van der Waals surface area contributed by atoms with Gasteiger partial charge in [-0.25, -0.2) is 0 Å². The molecule has 0 saturated heterocycles. The number of rotatable bonds is 4. The minimum absolute atomic E-state index is 0.367. The lowest BCUT2D eigenvalue weighted by atomic mass is 10.1. The Labute approximate surface area is 93.1 Å². The van der Waals surface area contributed by atoms with Crippen molar-refractivity contribution in [3.63, 3.8) is 0 Å². The Balaban J connectivity index is 2.19. The van der Waals surface area contributed by atoms with Gasteiger partial charge in [0.05, 0.1) is 6.61 Å². The minimum Gasteiger partial charge on any atom is -0.386 e. The average Bonchev–Trinajstić information content (AvgIpc) is 2.72. The molecule has 1 atom stereocenters. The molecule has 1 aromatic heterocycles. The van der Waals surface area contributed by atoms with E-state index in [4.69, 9.17) is 4.74 Å². The number of benzene rings is 1. The molecule has 0 aliphatic carbocycles. The van der Waals surface area contributed by atoms with Gasteiger partial charge in [0, 0.05) is 11.3 Å². The molecule has 0 saturated carbocycles. The molecule has 1 aromatic carbocycles. The molecular formula is C12H14O2S. The van der Waals surface area contributed by atoms with Crippen molar-refractivity contribution in [3.8, 4) is 0 Å². The van der Waals surface area contributed by atoms with Gasteiger partial charge in [-0.2, -0.15) is 0 Å². The van der Waals surface area contributed by atoms with Crippen molar-refractivity contribution >= 4 is 21.4 Å². The maximum Gasteiger partial charge on any atom is 0.102 e. The Morgan fingerprint density at radius 2 is 2.27 bits per heavy atom. The van der Waals surface area contributed by atoms with Crippen molar-refractivity contribution in [3.05, 3.63) is 35.2 Å². The van der Waals surface area contributed by atoms with Crippen LogP contribution in [0.25, 0.3) is 10.1 Å². The van der Waals surface area contributed by atoms with Gasteiger partial charge in [0.15, 0.2) is 0 Å². The smallest absolute Gasteiger partial charge is 0.102 e. The third kappa shape index (κ3) is 2.37. The highest BCUT2D eigenvalue weighted by Crippen LogP contribution is 2.24. The molecule has 2 rings (SSSR count). The normalized spacial score (nSPS) is 13.2. The molecule has 15 heavy (non-hydrogen) atoms. The summed E-state index contributed by atoms with van der Waals surface area (Å²) in [6.07, 6.45) is -0.519. The van der Waals surface area contributed by atoms with Gasteiger partial charge in [0.1, 0.15) is 6.10 Å². The Morgan fingerprint density at radius 3 is 3.07 bits per heavy atom. The molecule has 2 nitrogen and oxygen atoms in total. The van der Waals surface area contributed by atoms with Crippen molar-refractivity contribution in [2.24, 2.45) is 0 Å². The largest absolute Gasteiger partial charge is 0.386 e. The van der Waals surface area contributed by atoms with E-state index in [1.165, 1.54) is 10.1 Å². The summed E-state index contributed by atoms with van der Waals surface area (Å²) in [4.78, 5) is 0. The van der Waals surface area contributed by atoms with Crippen LogP contribution in [0.3, 0.4) is 0 Å². The fraction of sp³-hybridized carbons (Fsp3) is 0.333. The lowest BCUT2D eigenvalue weighted by molar-refractivity contribution is 0.0421. The quantitative estimate of drug-likeness (QED) is 0.861. The molecule has 0 fully saturated rings. The molecular weight excluding hydrogens is 208 g/mol. The molecule has 1 N–H and O–H groups in total. The molecule has 2 aromatic rings. The first-order chi connectivity index (χ1) is 7.31. The van der Waals surface area contributed by atoms with Crippen LogP contribution in [-0.2, 0) is 4.74 Å². The zero-order chi connectivity index (χ0) is 10.7. The second-order valence-corrected chi connectivity index (χ2v) is 4.34. The molecule has 0 bridgehead atoms. The fourth-order valence-corrected chi connectivity index (χ4v) is 2.29. The molecule has 0 amide bonds. The molecule has 0 aliphatic rings. The first-order valence-corrected chi connectivity index (χ1v) is 5.92. The molecule has 3 heteroatoms. The Hall–Kier alpha value is -0.900. The second-order valence-electron chi connectivity index (χ2n) is 3.39. The summed E-state index contributed by atoms with van der Waals surface area (Å²) in [6, 6.07) is 8.10. The maximum atomic E-state index is 9.83. The average molecular weight is 222 g/mol. The van der Waals surface area contributed by atoms with Crippen LogP contribution < -0.4 is 0 Å². The van der Waals surface area contributed by atoms with E-state index in [1.807, 2.05) is 25.1 Å². The summed E-state index contributed by atoms with van der Waals surface area (Å²) in [5.74, 6) is 0. The van der Waals surface area contributed by atoms with Crippen molar-refractivity contribution in [1.29, 1.82) is 0 Å². The monoisotopic (exact) mass is 222 g/mol. The van der Waals surface area contributed by atoms with Crippen LogP contribution in [0.5, 0.6) is 0 Å². The van der Waals surface area contributed by atoms with Gasteiger partial charge in [0.25, 0.3) is 0 Å². The van der Waals surface area contributed by atoms with E-state index >= 15 is 0 Å². The number of ether oxygens (including phenoxy) is 1. The lowest BCUT2D eigenvalue weighted by Crippen LogP contribution is -2.06. The topological polar surface area (TPSA) is 29.5 Å². The van der Waals surface area contributed by atoms with Crippen molar-refractivity contribution in [2.75, 3.05) is 13.2 Å². The van der Waals surface area contributed by atoms with Gasteiger partial charge < -0.3 is 9.84 Å². The van der Waals surface area contributed by atoms with Crippen LogP contribution in [0.4, 0.5) is 0 Å². The van der Waals surface area contributed by atoms with E-state index in [9.17, 15) is 5.11 Å². The van der Waals surface area contributed by atoms with Crippen LogP contribution in [0.2, 0.25) is 0 Å². The SMILES string of the molecule is CCOCC(O)c1ccc2sccc2c1. The van der Waals surface area contributed by atoms with E-state index in [2.05, 4.69) is 11.4 Å². The van der Waals surface area contributed by atoms with Crippen molar-refractivity contribution in [1.82, 2.24) is 0 Å². The lowest BCUT2D eigenvalue weighted by Gasteiger charge is -2.10. The predicted molar refractivity (Wildman–Crippen MR) is 63.3 cm³/mol. The second kappa shape index (κ2) is 4.75. The van der Waals surface area contributed by atoms with Crippen LogP contribution in [-0.4, -0.2) is 18.3 Å². The first-order valence-electron chi connectivity index (χ1n) is 5.04. The molecule has 0 spiro atoms. The zero-order valence-electron chi connectivity index (χ0n) is 8.64. The van der Waals surface area contributed by atoms with Gasteiger partial charge in [-0.15, -0.1) is 11.3 Å². The van der Waals surface area contributed by atoms with Crippen molar-refractivity contribution < 1.29 is 9.84 Å².